The molecule has 0 aliphatic carbocycles. The van der Waals surface area contributed by atoms with Gasteiger partial charge >= 0.3 is 12.1 Å². The van der Waals surface area contributed by atoms with Gasteiger partial charge in [0.15, 0.2) is 0 Å². The van der Waals surface area contributed by atoms with E-state index in [4.69, 9.17) is 10.5 Å². The normalized spacial score (nSPS) is 10.9. The number of aryl methyl sites for hydroxylation is 1. The number of ether oxygens (including phenoxy) is 2. The summed E-state index contributed by atoms with van der Waals surface area (Å²) in [6.45, 7) is 5.38. The second-order valence-electron chi connectivity index (χ2n) is 5.97. The van der Waals surface area contributed by atoms with Gasteiger partial charge in [-0.25, -0.2) is 4.79 Å². The number of esters is 1. The summed E-state index contributed by atoms with van der Waals surface area (Å²) in [6, 6.07) is 5.27. The van der Waals surface area contributed by atoms with E-state index < -0.39 is 11.7 Å². The summed E-state index contributed by atoms with van der Waals surface area (Å²) >= 11 is 0. The molecule has 0 unspecified atom stereocenters. The van der Waals surface area contributed by atoms with Crippen molar-refractivity contribution in [2.75, 3.05) is 18.2 Å². The van der Waals surface area contributed by atoms with E-state index in [9.17, 15) is 9.59 Å². The number of nitrogen functional groups attached to an aromatic ring is 1. The summed E-state index contributed by atoms with van der Waals surface area (Å²) in [7, 11) is 1.36. The molecule has 0 saturated heterocycles. The smallest absolute Gasteiger partial charge is 0.412 e. The van der Waals surface area contributed by atoms with Crippen molar-refractivity contribution in [3.05, 3.63) is 23.8 Å². The molecule has 0 aliphatic heterocycles. The molecule has 1 aromatic rings. The first-order valence-electron chi connectivity index (χ1n) is 7.16. The molecule has 3 N–H and O–H groups in total. The number of nitrogens with two attached hydrogens (primary N) is 1. The fourth-order valence-electron chi connectivity index (χ4n) is 1.87. The number of amides is 1. The number of methoxy groups -OCH3 is 1. The summed E-state index contributed by atoms with van der Waals surface area (Å²) in [5, 5.41) is 2.70. The van der Waals surface area contributed by atoms with E-state index in [0.717, 1.165) is 5.56 Å². The van der Waals surface area contributed by atoms with E-state index in [1.54, 1.807) is 32.9 Å². The van der Waals surface area contributed by atoms with Crippen LogP contribution in [0.15, 0.2) is 18.2 Å². The highest BCUT2D eigenvalue weighted by Crippen LogP contribution is 2.22. The van der Waals surface area contributed by atoms with E-state index in [0.29, 0.717) is 30.6 Å². The molecule has 122 valence electrons. The Morgan fingerprint density at radius 2 is 1.95 bits per heavy atom. The number of hydrogen-bond acceptors (Lipinski definition) is 5. The Morgan fingerprint density at radius 1 is 1.27 bits per heavy atom. The van der Waals surface area contributed by atoms with Crippen molar-refractivity contribution in [1.82, 2.24) is 0 Å². The summed E-state index contributed by atoms with van der Waals surface area (Å²) in [6.07, 6.45) is 1.04. The second kappa shape index (κ2) is 7.68. The van der Waals surface area contributed by atoms with Crippen molar-refractivity contribution in [2.24, 2.45) is 0 Å². The lowest BCUT2D eigenvalue weighted by molar-refractivity contribution is -0.140. The van der Waals surface area contributed by atoms with E-state index in [1.807, 2.05) is 6.07 Å². The molecule has 0 saturated carbocycles. The minimum absolute atomic E-state index is 0.253. The molecule has 0 spiro atoms. The van der Waals surface area contributed by atoms with Crippen LogP contribution in [0.1, 0.15) is 39.2 Å². The molecule has 0 aliphatic rings. The first-order chi connectivity index (χ1) is 10.2. The van der Waals surface area contributed by atoms with Crippen LogP contribution in [0.25, 0.3) is 0 Å². The number of nitrogens with one attached hydrogen (secondary N) is 1. The SMILES string of the molecule is COC(=O)CCCc1ccc(N)cc1NC(=O)OC(C)(C)C. The molecule has 0 aromatic heterocycles. The molecule has 0 atom stereocenters. The van der Waals surface area contributed by atoms with Crippen LogP contribution in [0.3, 0.4) is 0 Å². The molecular formula is C16H24N2O4. The van der Waals surface area contributed by atoms with Gasteiger partial charge in [0.1, 0.15) is 5.60 Å². The quantitative estimate of drug-likeness (QED) is 0.644. The third-order valence-electron chi connectivity index (χ3n) is 2.82. The lowest BCUT2D eigenvalue weighted by Crippen LogP contribution is -2.27. The fraction of sp³-hybridized carbons (Fsp3) is 0.500. The summed E-state index contributed by atoms with van der Waals surface area (Å²) in [4.78, 5) is 23.0. The van der Waals surface area contributed by atoms with Crippen LogP contribution in [0.4, 0.5) is 16.2 Å². The predicted molar refractivity (Wildman–Crippen MR) is 85.7 cm³/mol. The van der Waals surface area contributed by atoms with Crippen molar-refractivity contribution in [1.29, 1.82) is 0 Å². The van der Waals surface area contributed by atoms with E-state index in [1.165, 1.54) is 7.11 Å². The van der Waals surface area contributed by atoms with Crippen LogP contribution in [-0.2, 0) is 20.7 Å². The number of anilines is 2. The highest BCUT2D eigenvalue weighted by atomic mass is 16.6. The van der Waals surface area contributed by atoms with Crippen LogP contribution >= 0.6 is 0 Å². The molecule has 0 bridgehead atoms. The van der Waals surface area contributed by atoms with Crippen molar-refractivity contribution >= 4 is 23.4 Å². The highest BCUT2D eigenvalue weighted by Gasteiger charge is 2.17. The van der Waals surface area contributed by atoms with Crippen LogP contribution < -0.4 is 11.1 Å². The van der Waals surface area contributed by atoms with Crippen LogP contribution in [0, 0.1) is 0 Å². The minimum Gasteiger partial charge on any atom is -0.469 e. The number of rotatable bonds is 5. The maximum Gasteiger partial charge on any atom is 0.412 e. The molecule has 0 heterocycles. The van der Waals surface area contributed by atoms with Crippen molar-refractivity contribution in [2.45, 2.75) is 45.6 Å². The van der Waals surface area contributed by atoms with E-state index >= 15 is 0 Å². The average molecular weight is 308 g/mol. The van der Waals surface area contributed by atoms with Gasteiger partial charge < -0.3 is 15.2 Å². The summed E-state index contributed by atoms with van der Waals surface area (Å²) in [5.41, 5.74) is 7.22. The molecule has 1 aromatic carbocycles. The fourth-order valence-corrected chi connectivity index (χ4v) is 1.87. The number of benzene rings is 1. The zero-order valence-electron chi connectivity index (χ0n) is 13.6. The number of hydrogen-bond donors (Lipinski definition) is 2. The van der Waals surface area contributed by atoms with Gasteiger partial charge in [-0.1, -0.05) is 6.07 Å². The molecule has 0 radical (unpaired) electrons. The van der Waals surface area contributed by atoms with Gasteiger partial charge in [0.2, 0.25) is 0 Å². The Bertz CT molecular complexity index is 535. The van der Waals surface area contributed by atoms with Crippen LogP contribution in [-0.4, -0.2) is 24.8 Å². The van der Waals surface area contributed by atoms with Gasteiger partial charge in [-0.2, -0.15) is 0 Å². The van der Waals surface area contributed by atoms with Crippen molar-refractivity contribution in [3.8, 4) is 0 Å². The lowest BCUT2D eigenvalue weighted by Gasteiger charge is -2.20. The Kier molecular flexibility index (Phi) is 6.22. The van der Waals surface area contributed by atoms with Crippen LogP contribution in [0.5, 0.6) is 0 Å². The topological polar surface area (TPSA) is 90.6 Å². The van der Waals surface area contributed by atoms with Gasteiger partial charge in [-0.05, 0) is 51.3 Å². The molecule has 6 nitrogen and oxygen atoms in total. The molecular weight excluding hydrogens is 284 g/mol. The monoisotopic (exact) mass is 308 g/mol. The number of carbonyl (C=O) groups is 2. The third kappa shape index (κ3) is 6.47. The maximum absolute atomic E-state index is 11.9. The lowest BCUT2D eigenvalue weighted by atomic mass is 10.1. The largest absolute Gasteiger partial charge is 0.469 e. The second-order valence-corrected chi connectivity index (χ2v) is 5.97. The van der Waals surface area contributed by atoms with Gasteiger partial charge in [0, 0.05) is 17.8 Å². The Labute approximate surface area is 131 Å². The minimum atomic E-state index is -0.574. The summed E-state index contributed by atoms with van der Waals surface area (Å²) < 4.78 is 9.84. The van der Waals surface area contributed by atoms with Crippen LogP contribution in [0.2, 0.25) is 0 Å². The molecule has 1 rings (SSSR count). The number of carbonyl (C=O) groups excluding carboxylic acids is 2. The van der Waals surface area contributed by atoms with Gasteiger partial charge in [0.25, 0.3) is 0 Å². The molecule has 0 fully saturated rings. The zero-order chi connectivity index (χ0) is 16.8. The highest BCUT2D eigenvalue weighted by molar-refractivity contribution is 5.86. The summed E-state index contributed by atoms with van der Waals surface area (Å²) in [5.74, 6) is -0.253. The predicted octanol–water partition coefficient (Wildman–Crippen LogP) is 3.11. The average Bonchev–Trinajstić information content (AvgIpc) is 2.38. The zero-order valence-corrected chi connectivity index (χ0v) is 13.6. The van der Waals surface area contributed by atoms with Gasteiger partial charge in [-0.3, -0.25) is 10.1 Å². The first-order valence-corrected chi connectivity index (χ1v) is 7.16. The van der Waals surface area contributed by atoms with E-state index in [2.05, 4.69) is 10.1 Å². The molecule has 22 heavy (non-hydrogen) atoms. The van der Waals surface area contributed by atoms with Gasteiger partial charge in [0.05, 0.1) is 7.11 Å². The maximum atomic E-state index is 11.9. The van der Waals surface area contributed by atoms with Crippen molar-refractivity contribution in [3.63, 3.8) is 0 Å². The Balaban J connectivity index is 2.74. The first kappa shape index (κ1) is 17.8. The Hall–Kier alpha value is -2.24. The van der Waals surface area contributed by atoms with Crippen molar-refractivity contribution < 1.29 is 19.1 Å². The molecule has 1 amide bonds. The van der Waals surface area contributed by atoms with E-state index in [-0.39, 0.29) is 5.97 Å². The Morgan fingerprint density at radius 3 is 2.55 bits per heavy atom. The van der Waals surface area contributed by atoms with Gasteiger partial charge in [-0.15, -0.1) is 0 Å². The molecule has 6 heteroatoms. The standard InChI is InChI=1S/C16H24N2O4/c1-16(2,3)22-15(20)18-13-10-12(17)9-8-11(13)6-5-7-14(19)21-4/h8-10H,5-7,17H2,1-4H3,(H,18,20). The third-order valence-corrected chi connectivity index (χ3v) is 2.82.